The molecule has 2 aromatic carbocycles. The van der Waals surface area contributed by atoms with Crippen LogP contribution < -0.4 is 0 Å². The normalized spacial score (nSPS) is 26.7. The molecule has 2 aliphatic rings. The third-order valence-corrected chi connectivity index (χ3v) is 6.34. The van der Waals surface area contributed by atoms with E-state index in [0.29, 0.717) is 12.5 Å². The molecule has 2 fully saturated rings. The van der Waals surface area contributed by atoms with Crippen molar-refractivity contribution in [2.24, 2.45) is 5.92 Å². The van der Waals surface area contributed by atoms with Gasteiger partial charge in [0.15, 0.2) is 0 Å². The molecule has 0 aliphatic carbocycles. The molecule has 0 radical (unpaired) electrons. The monoisotopic (exact) mass is 401 g/mol. The van der Waals surface area contributed by atoms with Gasteiger partial charge >= 0.3 is 5.97 Å². The van der Waals surface area contributed by atoms with Crippen molar-refractivity contribution in [3.63, 3.8) is 0 Å². The lowest BCUT2D eigenvalue weighted by molar-refractivity contribution is -0.162. The zero-order valence-corrected chi connectivity index (χ0v) is 16.6. The largest absolute Gasteiger partial charge is 0.469 e. The Bertz CT molecular complexity index is 810. The molecule has 4 atom stereocenters. The molecule has 2 bridgehead atoms. The van der Waals surface area contributed by atoms with Crippen LogP contribution in [-0.2, 0) is 14.3 Å². The molecule has 6 heteroatoms. The van der Waals surface area contributed by atoms with E-state index >= 15 is 0 Å². The predicted molar refractivity (Wildman–Crippen MR) is 104 cm³/mol. The van der Waals surface area contributed by atoms with Crippen LogP contribution in [0.4, 0.5) is 8.78 Å². The standard InChI is InChI=1S/C23H25F2NO3/c1-26-18-11-12-19(26)21(23(27)28-2)20(13-18)29-22(14-3-7-16(24)8-4-14)15-5-9-17(25)10-6-15/h3-10,18-22H,11-13H2,1-2H3/t18?,19-,20+,21?/m0/s1. The Kier molecular flexibility index (Phi) is 5.65. The van der Waals surface area contributed by atoms with E-state index in [1.54, 1.807) is 24.3 Å². The summed E-state index contributed by atoms with van der Waals surface area (Å²) in [7, 11) is 3.45. The van der Waals surface area contributed by atoms with Crippen LogP contribution in [0.5, 0.6) is 0 Å². The van der Waals surface area contributed by atoms with E-state index in [-0.39, 0.29) is 29.7 Å². The van der Waals surface area contributed by atoms with Crippen molar-refractivity contribution < 1.29 is 23.0 Å². The molecule has 0 amide bonds. The van der Waals surface area contributed by atoms with Crippen LogP contribution in [0, 0.1) is 17.6 Å². The van der Waals surface area contributed by atoms with E-state index in [1.165, 1.54) is 31.4 Å². The first kappa shape index (κ1) is 20.0. The minimum atomic E-state index is -0.531. The van der Waals surface area contributed by atoms with Crippen molar-refractivity contribution in [2.45, 2.75) is 43.6 Å². The molecule has 0 N–H and O–H groups in total. The second kappa shape index (κ2) is 8.20. The minimum Gasteiger partial charge on any atom is -0.469 e. The fourth-order valence-electron chi connectivity index (χ4n) is 4.81. The fourth-order valence-corrected chi connectivity index (χ4v) is 4.81. The highest BCUT2D eigenvalue weighted by Crippen LogP contribution is 2.42. The highest BCUT2D eigenvalue weighted by molar-refractivity contribution is 5.74. The van der Waals surface area contributed by atoms with Gasteiger partial charge in [-0.2, -0.15) is 0 Å². The van der Waals surface area contributed by atoms with Crippen LogP contribution in [0.15, 0.2) is 48.5 Å². The molecule has 0 saturated carbocycles. The van der Waals surface area contributed by atoms with Crippen molar-refractivity contribution in [1.82, 2.24) is 4.90 Å². The van der Waals surface area contributed by atoms with Crippen molar-refractivity contribution in [3.05, 3.63) is 71.3 Å². The Balaban J connectivity index is 1.68. The number of halogens is 2. The molecule has 2 aliphatic heterocycles. The van der Waals surface area contributed by atoms with Crippen LogP contribution >= 0.6 is 0 Å². The average molecular weight is 401 g/mol. The molecule has 4 nitrogen and oxygen atoms in total. The van der Waals surface area contributed by atoms with Crippen LogP contribution in [0.25, 0.3) is 0 Å². The number of rotatable bonds is 5. The molecule has 0 aromatic heterocycles. The number of fused-ring (bicyclic) bond motifs is 2. The maximum atomic E-state index is 13.5. The summed E-state index contributed by atoms with van der Waals surface area (Å²) in [5.41, 5.74) is 1.51. The van der Waals surface area contributed by atoms with Crippen LogP contribution in [0.2, 0.25) is 0 Å². The molecular weight excluding hydrogens is 376 g/mol. The number of hydrogen-bond acceptors (Lipinski definition) is 4. The Labute approximate surface area is 169 Å². The number of hydrogen-bond donors (Lipinski definition) is 0. The third kappa shape index (κ3) is 3.91. The molecule has 4 rings (SSSR count). The van der Waals surface area contributed by atoms with E-state index in [2.05, 4.69) is 4.90 Å². The zero-order chi connectivity index (χ0) is 20.5. The lowest BCUT2D eigenvalue weighted by Crippen LogP contribution is -2.53. The number of benzene rings is 2. The van der Waals surface area contributed by atoms with Gasteiger partial charge in [-0.05, 0) is 61.7 Å². The van der Waals surface area contributed by atoms with E-state index < -0.39 is 12.0 Å². The van der Waals surface area contributed by atoms with Gasteiger partial charge in [-0.15, -0.1) is 0 Å². The molecule has 154 valence electrons. The summed E-state index contributed by atoms with van der Waals surface area (Å²) >= 11 is 0. The van der Waals surface area contributed by atoms with E-state index in [4.69, 9.17) is 9.47 Å². The van der Waals surface area contributed by atoms with Crippen LogP contribution in [0.3, 0.4) is 0 Å². The number of carbonyl (C=O) groups excluding carboxylic acids is 1. The van der Waals surface area contributed by atoms with Gasteiger partial charge in [0.05, 0.1) is 19.1 Å². The predicted octanol–water partition coefficient (Wildman–Crippen LogP) is 4.10. The smallest absolute Gasteiger partial charge is 0.312 e. The second-order valence-electron chi connectivity index (χ2n) is 7.91. The van der Waals surface area contributed by atoms with Gasteiger partial charge in [-0.1, -0.05) is 24.3 Å². The van der Waals surface area contributed by atoms with Crippen LogP contribution in [-0.4, -0.2) is 43.2 Å². The summed E-state index contributed by atoms with van der Waals surface area (Å²) in [4.78, 5) is 14.9. The number of nitrogens with zero attached hydrogens (tertiary/aromatic N) is 1. The first-order valence-corrected chi connectivity index (χ1v) is 9.94. The van der Waals surface area contributed by atoms with Gasteiger partial charge in [0.1, 0.15) is 17.7 Å². The summed E-state index contributed by atoms with van der Waals surface area (Å²) in [6.45, 7) is 0. The highest BCUT2D eigenvalue weighted by Gasteiger charge is 2.50. The molecule has 2 heterocycles. The van der Waals surface area contributed by atoms with E-state index in [1.807, 2.05) is 7.05 Å². The SMILES string of the molecule is COC(=O)C1[C@H](OC(c2ccc(F)cc2)c2ccc(F)cc2)CC2CC[C@@H]1N2C. The molecule has 2 saturated heterocycles. The first-order chi connectivity index (χ1) is 14.0. The Morgan fingerprint density at radius 2 is 1.55 bits per heavy atom. The van der Waals surface area contributed by atoms with Crippen molar-refractivity contribution in [2.75, 3.05) is 14.2 Å². The Hall–Kier alpha value is -2.31. The van der Waals surface area contributed by atoms with Gasteiger partial charge < -0.3 is 9.47 Å². The maximum Gasteiger partial charge on any atom is 0.312 e. The van der Waals surface area contributed by atoms with Gasteiger partial charge in [0, 0.05) is 12.1 Å². The molecule has 29 heavy (non-hydrogen) atoms. The summed E-state index contributed by atoms with van der Waals surface area (Å²) < 4.78 is 38.6. The van der Waals surface area contributed by atoms with Gasteiger partial charge in [0.2, 0.25) is 0 Å². The number of carbonyl (C=O) groups is 1. The van der Waals surface area contributed by atoms with E-state index in [0.717, 1.165) is 24.0 Å². The van der Waals surface area contributed by atoms with Gasteiger partial charge in [-0.3, -0.25) is 9.69 Å². The first-order valence-electron chi connectivity index (χ1n) is 9.94. The lowest BCUT2D eigenvalue weighted by atomic mass is 9.87. The van der Waals surface area contributed by atoms with E-state index in [9.17, 15) is 13.6 Å². The highest BCUT2D eigenvalue weighted by atomic mass is 19.1. The zero-order valence-electron chi connectivity index (χ0n) is 16.6. The molecule has 2 unspecified atom stereocenters. The quantitative estimate of drug-likeness (QED) is 0.708. The Morgan fingerprint density at radius 3 is 2.07 bits per heavy atom. The number of piperidine rings is 1. The summed E-state index contributed by atoms with van der Waals surface area (Å²) in [6.07, 6.45) is 1.80. The van der Waals surface area contributed by atoms with Gasteiger partial charge in [-0.25, -0.2) is 8.78 Å². The number of ether oxygens (including phenoxy) is 2. The molecule has 0 spiro atoms. The average Bonchev–Trinajstić information content (AvgIpc) is 2.96. The van der Waals surface area contributed by atoms with Gasteiger partial charge in [0.25, 0.3) is 0 Å². The number of methoxy groups -OCH3 is 1. The molecular formula is C23H25F2NO3. The molecule has 2 aromatic rings. The topological polar surface area (TPSA) is 38.8 Å². The maximum absolute atomic E-state index is 13.5. The number of esters is 1. The second-order valence-corrected chi connectivity index (χ2v) is 7.91. The summed E-state index contributed by atoms with van der Waals surface area (Å²) in [6, 6.07) is 12.6. The van der Waals surface area contributed by atoms with Crippen molar-refractivity contribution in [3.8, 4) is 0 Å². The fraction of sp³-hybridized carbons (Fsp3) is 0.435. The van der Waals surface area contributed by atoms with Crippen LogP contribution in [0.1, 0.15) is 36.5 Å². The summed E-state index contributed by atoms with van der Waals surface area (Å²) in [5.74, 6) is -1.34. The Morgan fingerprint density at radius 1 is 1.00 bits per heavy atom. The summed E-state index contributed by atoms with van der Waals surface area (Å²) in [5, 5.41) is 0. The van der Waals surface area contributed by atoms with Crippen molar-refractivity contribution >= 4 is 5.97 Å². The minimum absolute atomic E-state index is 0.0771. The van der Waals surface area contributed by atoms with Crippen molar-refractivity contribution in [1.29, 1.82) is 0 Å². The third-order valence-electron chi connectivity index (χ3n) is 6.34. The lowest BCUT2D eigenvalue weighted by Gasteiger charge is -2.42.